The third-order valence-electron chi connectivity index (χ3n) is 7.21. The van der Waals surface area contributed by atoms with Crippen LogP contribution in [-0.2, 0) is 14.2 Å². The molecule has 15 heteroatoms. The molecule has 0 saturated carbocycles. The lowest BCUT2D eigenvalue weighted by molar-refractivity contribution is -0.289. The molecule has 0 amide bonds. The van der Waals surface area contributed by atoms with E-state index in [0.717, 1.165) is 24.3 Å². The van der Waals surface area contributed by atoms with Gasteiger partial charge in [-0.15, -0.1) is 0 Å². The maximum Gasteiger partial charge on any atom is 0.197 e. The number of hydrogen-bond donors (Lipinski definition) is 10. The second-order valence-corrected chi connectivity index (χ2v) is 9.78. The highest BCUT2D eigenvalue weighted by atomic mass is 16.7. The van der Waals surface area contributed by atoms with E-state index in [1.807, 2.05) is 0 Å². The van der Waals surface area contributed by atoms with Gasteiger partial charge in [0.2, 0.25) is 0 Å². The molecule has 0 aliphatic carbocycles. The maximum absolute atomic E-state index is 13.1. The summed E-state index contributed by atoms with van der Waals surface area (Å²) in [4.78, 5) is 13.1. The van der Waals surface area contributed by atoms with E-state index in [0.29, 0.717) is 0 Å². The summed E-state index contributed by atoms with van der Waals surface area (Å²) in [6, 6.07) is 5.60. The quantitative estimate of drug-likeness (QED) is 0.145. The number of aromatic hydroxyl groups is 4. The lowest BCUT2D eigenvalue weighted by Gasteiger charge is -2.43. The minimum absolute atomic E-state index is 0.0808. The zero-order valence-electron chi connectivity index (χ0n) is 21.0. The molecule has 2 saturated heterocycles. The molecule has 0 unspecified atom stereocenters. The molecule has 2 aliphatic rings. The van der Waals surface area contributed by atoms with Gasteiger partial charge in [-0.1, -0.05) is 0 Å². The molecular weight excluding hydrogens is 552 g/mol. The largest absolute Gasteiger partial charge is 0.507 e. The topological polar surface area (TPSA) is 260 Å². The fourth-order valence-corrected chi connectivity index (χ4v) is 5.01. The van der Waals surface area contributed by atoms with E-state index >= 15 is 0 Å². The van der Waals surface area contributed by atoms with E-state index in [2.05, 4.69) is 0 Å². The summed E-state index contributed by atoms with van der Waals surface area (Å²) in [5.74, 6) is -2.55. The van der Waals surface area contributed by atoms with Crippen LogP contribution < -0.4 is 5.43 Å². The van der Waals surface area contributed by atoms with Crippen molar-refractivity contribution < 1.29 is 69.7 Å². The number of ether oxygens (including phenoxy) is 3. The first kappa shape index (κ1) is 29.0. The van der Waals surface area contributed by atoms with E-state index < -0.39 is 108 Å². The maximum atomic E-state index is 13.1. The minimum atomic E-state index is -1.87. The minimum Gasteiger partial charge on any atom is -0.507 e. The number of phenolic OH excluding ortho intramolecular Hbond substituents is 4. The number of aliphatic hydroxyl groups excluding tert-OH is 6. The first-order valence-corrected chi connectivity index (χ1v) is 12.4. The Balaban J connectivity index is 1.59. The van der Waals surface area contributed by atoms with Gasteiger partial charge in [0.1, 0.15) is 77.1 Å². The number of phenols is 4. The summed E-state index contributed by atoms with van der Waals surface area (Å²) < 4.78 is 22.3. The van der Waals surface area contributed by atoms with E-state index in [4.69, 9.17) is 18.6 Å². The van der Waals surface area contributed by atoms with Crippen molar-refractivity contribution in [2.75, 3.05) is 13.2 Å². The van der Waals surface area contributed by atoms with Gasteiger partial charge in [-0.3, -0.25) is 4.79 Å². The number of aliphatic hydroxyl groups is 6. The third kappa shape index (κ3) is 4.97. The molecule has 10 N–H and O–H groups in total. The molecule has 3 aromatic rings. The van der Waals surface area contributed by atoms with Crippen LogP contribution in [0.3, 0.4) is 0 Å². The zero-order valence-corrected chi connectivity index (χ0v) is 21.0. The molecule has 1 aromatic heterocycles. The van der Waals surface area contributed by atoms with Gasteiger partial charge in [-0.25, -0.2) is 0 Å². The summed E-state index contributed by atoms with van der Waals surface area (Å²) in [5, 5.41) is 102. The molecule has 0 radical (unpaired) electrons. The van der Waals surface area contributed by atoms with Crippen molar-refractivity contribution in [3.8, 4) is 34.3 Å². The molecule has 41 heavy (non-hydrogen) atoms. The van der Waals surface area contributed by atoms with Gasteiger partial charge in [-0.2, -0.15) is 0 Å². The second-order valence-electron chi connectivity index (χ2n) is 9.78. The van der Waals surface area contributed by atoms with Crippen molar-refractivity contribution in [1.29, 1.82) is 0 Å². The molecule has 9 atom stereocenters. The third-order valence-corrected chi connectivity index (χ3v) is 7.21. The highest BCUT2D eigenvalue weighted by Crippen LogP contribution is 2.46. The Morgan fingerprint density at radius 2 is 1.41 bits per heavy atom. The summed E-state index contributed by atoms with van der Waals surface area (Å²) in [6.45, 7) is -1.50. The van der Waals surface area contributed by atoms with E-state index in [9.17, 15) is 55.9 Å². The van der Waals surface area contributed by atoms with E-state index in [-0.39, 0.29) is 16.9 Å². The molecule has 2 aliphatic heterocycles. The van der Waals surface area contributed by atoms with Crippen molar-refractivity contribution in [3.05, 3.63) is 46.1 Å². The fourth-order valence-electron chi connectivity index (χ4n) is 5.01. The molecule has 222 valence electrons. The standard InChI is InChI=1S/C26H28O15/c27-6-15-19(33)22(36)25(41-26-23(37)20(34)16(7-28)40-26)24(39-15)18-12(32)5-14-17(21(18)35)11(31)4-13(38-14)8-1-2-9(29)10(30)3-8/h1-5,15-16,19-20,22-30,32-37H,6-7H2/t15-,16+,19-,20+,22+,23-,24+,25-,26+/m1/s1. The van der Waals surface area contributed by atoms with Crippen LogP contribution in [0, 0.1) is 0 Å². The SMILES string of the molecule is O=c1cc(-c2ccc(O)c(O)c2)oc2cc(O)c([C@@H]3O[C@H](CO)[C@@H](O)[C@H](O)[C@H]3O[C@@H]3O[C@@H](CO)[C@H](O)[C@H]3O)c(O)c12. The smallest absolute Gasteiger partial charge is 0.197 e. The van der Waals surface area contributed by atoms with Crippen molar-refractivity contribution >= 4 is 11.0 Å². The Kier molecular flexibility index (Phi) is 7.82. The van der Waals surface area contributed by atoms with E-state index in [1.165, 1.54) is 6.07 Å². The molecule has 0 spiro atoms. The lowest BCUT2D eigenvalue weighted by atomic mass is 9.89. The van der Waals surface area contributed by atoms with Crippen LogP contribution in [0.4, 0.5) is 0 Å². The Morgan fingerprint density at radius 1 is 0.756 bits per heavy atom. The zero-order chi connectivity index (χ0) is 29.7. The van der Waals surface area contributed by atoms with Crippen LogP contribution in [0.25, 0.3) is 22.3 Å². The first-order chi connectivity index (χ1) is 19.5. The molecule has 2 aromatic carbocycles. The molecule has 0 bridgehead atoms. The Labute approximate surface area is 229 Å². The normalized spacial score (nSPS) is 32.0. The van der Waals surface area contributed by atoms with Crippen LogP contribution in [0.1, 0.15) is 11.7 Å². The molecule has 2 fully saturated rings. The number of hydrogen-bond acceptors (Lipinski definition) is 15. The lowest BCUT2D eigenvalue weighted by Crippen LogP contribution is -2.57. The van der Waals surface area contributed by atoms with Gasteiger partial charge in [-0.05, 0) is 18.2 Å². The van der Waals surface area contributed by atoms with Crippen LogP contribution in [0.15, 0.2) is 39.5 Å². The van der Waals surface area contributed by atoms with Crippen LogP contribution >= 0.6 is 0 Å². The molecular formula is C26H28O15. The van der Waals surface area contributed by atoms with Crippen LogP contribution in [0.5, 0.6) is 23.0 Å². The van der Waals surface area contributed by atoms with Gasteiger partial charge < -0.3 is 69.7 Å². The second kappa shape index (κ2) is 11.1. The van der Waals surface area contributed by atoms with Gasteiger partial charge in [0, 0.05) is 17.7 Å². The predicted octanol–water partition coefficient (Wildman–Crippen LogP) is -1.74. The molecule has 3 heterocycles. The first-order valence-electron chi connectivity index (χ1n) is 12.4. The van der Waals surface area contributed by atoms with Crippen LogP contribution in [0.2, 0.25) is 0 Å². The fraction of sp³-hybridized carbons (Fsp3) is 0.423. The van der Waals surface area contributed by atoms with Crippen molar-refractivity contribution in [1.82, 2.24) is 0 Å². The van der Waals surface area contributed by atoms with Crippen molar-refractivity contribution in [2.45, 2.75) is 55.1 Å². The highest BCUT2D eigenvalue weighted by molar-refractivity contribution is 5.88. The predicted molar refractivity (Wildman–Crippen MR) is 134 cm³/mol. The number of fused-ring (bicyclic) bond motifs is 1. The summed E-state index contributed by atoms with van der Waals surface area (Å²) in [5.41, 5.74) is -1.41. The van der Waals surface area contributed by atoms with Gasteiger partial charge in [0.25, 0.3) is 0 Å². The Bertz CT molecular complexity index is 1490. The molecule has 5 rings (SSSR count). The highest BCUT2D eigenvalue weighted by Gasteiger charge is 2.52. The summed E-state index contributed by atoms with van der Waals surface area (Å²) >= 11 is 0. The van der Waals surface area contributed by atoms with Gasteiger partial charge in [0.15, 0.2) is 23.2 Å². The Morgan fingerprint density at radius 3 is 2.05 bits per heavy atom. The van der Waals surface area contributed by atoms with E-state index in [1.54, 1.807) is 0 Å². The van der Waals surface area contributed by atoms with Crippen molar-refractivity contribution in [3.63, 3.8) is 0 Å². The van der Waals surface area contributed by atoms with Crippen molar-refractivity contribution in [2.24, 2.45) is 0 Å². The van der Waals surface area contributed by atoms with Crippen LogP contribution in [-0.4, -0.2) is 113 Å². The summed E-state index contributed by atoms with van der Waals surface area (Å²) in [6.07, 6.45) is -14.7. The Hall–Kier alpha value is -3.51. The number of benzene rings is 2. The average molecular weight is 580 g/mol. The molecule has 15 nitrogen and oxygen atoms in total. The van der Waals surface area contributed by atoms with Gasteiger partial charge in [0.05, 0.1) is 18.8 Å². The summed E-state index contributed by atoms with van der Waals surface area (Å²) in [7, 11) is 0. The number of rotatable bonds is 6. The van der Waals surface area contributed by atoms with Gasteiger partial charge >= 0.3 is 0 Å². The monoisotopic (exact) mass is 580 g/mol. The average Bonchev–Trinajstić information content (AvgIpc) is 3.21.